The number of pyridine rings is 1. The van der Waals surface area contributed by atoms with Crippen LogP contribution in [0.2, 0.25) is 0 Å². The molecule has 0 saturated carbocycles. The van der Waals surface area contributed by atoms with Gasteiger partial charge in [0.15, 0.2) is 0 Å². The average molecular weight is 442 g/mol. The summed E-state index contributed by atoms with van der Waals surface area (Å²) in [5, 5.41) is 19.7. The van der Waals surface area contributed by atoms with Gasteiger partial charge >= 0.3 is 0 Å². The lowest BCUT2D eigenvalue weighted by molar-refractivity contribution is 0.128. The number of hydrogen-bond acceptors (Lipinski definition) is 4. The normalized spacial score (nSPS) is 10.9. The zero-order valence-corrected chi connectivity index (χ0v) is 18.1. The maximum Gasteiger partial charge on any atom is 0.256 e. The van der Waals surface area contributed by atoms with E-state index in [-0.39, 0.29) is 16.9 Å². The predicted octanol–water partition coefficient (Wildman–Crippen LogP) is 5.91. The van der Waals surface area contributed by atoms with Crippen molar-refractivity contribution in [2.75, 3.05) is 0 Å². The molecule has 4 aromatic rings. The summed E-state index contributed by atoms with van der Waals surface area (Å²) in [6, 6.07) is 19.3. The fraction of sp³-hybridized carbons (Fsp3) is 0.192. The molecule has 4 rings (SSSR count). The van der Waals surface area contributed by atoms with Gasteiger partial charge in [-0.1, -0.05) is 36.4 Å². The van der Waals surface area contributed by atoms with Gasteiger partial charge in [-0.25, -0.2) is 13.8 Å². The Balaban J connectivity index is 1.90. The van der Waals surface area contributed by atoms with Gasteiger partial charge < -0.3 is 9.30 Å². The highest BCUT2D eigenvalue weighted by atomic mass is 19.3. The Morgan fingerprint density at radius 2 is 1.82 bits per heavy atom. The molecule has 5 nitrogen and oxygen atoms in total. The van der Waals surface area contributed by atoms with E-state index in [1.54, 1.807) is 6.07 Å². The predicted molar refractivity (Wildman–Crippen MR) is 121 cm³/mol. The quantitative estimate of drug-likeness (QED) is 0.372. The minimum absolute atomic E-state index is 0.0880. The number of ether oxygens (including phenoxy) is 1. The van der Waals surface area contributed by atoms with Crippen LogP contribution in [-0.2, 0) is 13.2 Å². The Hall–Kier alpha value is -4.23. The van der Waals surface area contributed by atoms with E-state index in [1.165, 1.54) is 10.8 Å². The monoisotopic (exact) mass is 442 g/mol. The second kappa shape index (κ2) is 9.10. The van der Waals surface area contributed by atoms with E-state index in [9.17, 15) is 19.3 Å². The first-order valence-corrected chi connectivity index (χ1v) is 10.3. The second-order valence-electron chi connectivity index (χ2n) is 7.72. The molecular weight excluding hydrogens is 422 g/mol. The summed E-state index contributed by atoms with van der Waals surface area (Å²) in [5.41, 5.74) is 4.65. The number of hydrogen-bond donors (Lipinski definition) is 0. The number of alkyl halides is 2. The molecule has 0 spiro atoms. The lowest BCUT2D eigenvalue weighted by Crippen LogP contribution is -2.06. The van der Waals surface area contributed by atoms with E-state index >= 15 is 0 Å². The molecule has 0 fully saturated rings. The maximum absolute atomic E-state index is 13.2. The van der Waals surface area contributed by atoms with Crippen LogP contribution in [0.25, 0.3) is 22.2 Å². The Labute approximate surface area is 190 Å². The summed E-state index contributed by atoms with van der Waals surface area (Å²) in [5.74, 6) is 0.661. The van der Waals surface area contributed by atoms with E-state index in [0.29, 0.717) is 23.3 Å². The molecule has 0 aliphatic carbocycles. The van der Waals surface area contributed by atoms with Crippen LogP contribution in [0.4, 0.5) is 8.78 Å². The molecule has 2 aromatic carbocycles. The van der Waals surface area contributed by atoms with Crippen molar-refractivity contribution < 1.29 is 13.5 Å². The van der Waals surface area contributed by atoms with Crippen LogP contribution in [-0.4, -0.2) is 16.0 Å². The molecule has 0 saturated heterocycles. The standard InChI is InChI=1S/C26H20F2N4O/c1-16-8-9-22(33-15-18-6-4-3-5-7-18)17(2)24(16)21-10-20(12-30)31-26-25(21)19(11-29)13-32(26)14-23(27)28/h3-10,13,23H,14-15H2,1-2H3. The van der Waals surface area contributed by atoms with Crippen molar-refractivity contribution in [1.82, 2.24) is 9.55 Å². The first kappa shape index (κ1) is 22.0. The van der Waals surface area contributed by atoms with Crippen LogP contribution in [0.1, 0.15) is 27.9 Å². The summed E-state index contributed by atoms with van der Waals surface area (Å²) < 4.78 is 33.6. The number of aromatic nitrogens is 2. The van der Waals surface area contributed by atoms with E-state index in [1.807, 2.05) is 62.4 Å². The third kappa shape index (κ3) is 4.26. The van der Waals surface area contributed by atoms with Crippen LogP contribution >= 0.6 is 0 Å². The second-order valence-corrected chi connectivity index (χ2v) is 7.72. The topological polar surface area (TPSA) is 74.6 Å². The molecule has 0 amide bonds. The van der Waals surface area contributed by atoms with Crippen molar-refractivity contribution in [1.29, 1.82) is 10.5 Å². The molecule has 0 unspecified atom stereocenters. The van der Waals surface area contributed by atoms with Gasteiger partial charge in [-0.2, -0.15) is 10.5 Å². The maximum atomic E-state index is 13.2. The van der Waals surface area contributed by atoms with E-state index < -0.39 is 13.0 Å². The van der Waals surface area contributed by atoms with E-state index in [0.717, 1.165) is 22.3 Å². The van der Waals surface area contributed by atoms with Gasteiger partial charge in [0.05, 0.1) is 12.1 Å². The zero-order valence-electron chi connectivity index (χ0n) is 18.1. The average Bonchev–Trinajstić information content (AvgIpc) is 3.16. The molecule has 0 radical (unpaired) electrons. The highest BCUT2D eigenvalue weighted by molar-refractivity contribution is 6.00. The highest BCUT2D eigenvalue weighted by Crippen LogP contribution is 2.39. The fourth-order valence-corrected chi connectivity index (χ4v) is 4.05. The molecule has 7 heteroatoms. The number of fused-ring (bicyclic) bond motifs is 1. The van der Waals surface area contributed by atoms with Crippen molar-refractivity contribution in [3.8, 4) is 29.0 Å². The Morgan fingerprint density at radius 1 is 1.06 bits per heavy atom. The van der Waals surface area contributed by atoms with E-state index in [2.05, 4.69) is 11.1 Å². The van der Waals surface area contributed by atoms with Crippen molar-refractivity contribution in [3.05, 3.63) is 82.7 Å². The Morgan fingerprint density at radius 3 is 2.48 bits per heavy atom. The minimum Gasteiger partial charge on any atom is -0.489 e. The smallest absolute Gasteiger partial charge is 0.256 e. The summed E-state index contributed by atoms with van der Waals surface area (Å²) in [6.45, 7) is 3.60. The van der Waals surface area contributed by atoms with Gasteiger partial charge in [-0.05, 0) is 53.8 Å². The summed E-state index contributed by atoms with van der Waals surface area (Å²) >= 11 is 0. The van der Waals surface area contributed by atoms with Crippen LogP contribution in [0.3, 0.4) is 0 Å². The first-order valence-electron chi connectivity index (χ1n) is 10.3. The molecule has 164 valence electrons. The lowest BCUT2D eigenvalue weighted by Gasteiger charge is -2.17. The largest absolute Gasteiger partial charge is 0.489 e. The van der Waals surface area contributed by atoms with Gasteiger partial charge in [-0.15, -0.1) is 0 Å². The van der Waals surface area contributed by atoms with Crippen molar-refractivity contribution in [2.45, 2.75) is 33.4 Å². The van der Waals surface area contributed by atoms with Crippen molar-refractivity contribution in [3.63, 3.8) is 0 Å². The molecule has 2 aromatic heterocycles. The SMILES string of the molecule is Cc1ccc(OCc2ccccc2)c(C)c1-c1cc(C#N)nc2c1c(C#N)cn2CC(F)F. The third-order valence-electron chi connectivity index (χ3n) is 5.53. The molecule has 2 heterocycles. The van der Waals surface area contributed by atoms with Gasteiger partial charge in [0.2, 0.25) is 0 Å². The third-order valence-corrected chi connectivity index (χ3v) is 5.53. The first-order chi connectivity index (χ1) is 15.9. The van der Waals surface area contributed by atoms with Crippen LogP contribution in [0, 0.1) is 36.5 Å². The number of benzene rings is 2. The van der Waals surface area contributed by atoms with Gasteiger partial charge in [0.1, 0.15) is 35.8 Å². The molecule has 0 aliphatic rings. The zero-order chi connectivity index (χ0) is 23.5. The number of nitriles is 2. The van der Waals surface area contributed by atoms with Crippen LogP contribution in [0.15, 0.2) is 54.7 Å². The molecule has 0 bridgehead atoms. The highest BCUT2D eigenvalue weighted by Gasteiger charge is 2.21. The van der Waals surface area contributed by atoms with Crippen LogP contribution in [0.5, 0.6) is 5.75 Å². The Kier molecular flexibility index (Phi) is 6.06. The fourth-order valence-electron chi connectivity index (χ4n) is 4.05. The van der Waals surface area contributed by atoms with E-state index in [4.69, 9.17) is 4.74 Å². The lowest BCUT2D eigenvalue weighted by atomic mass is 9.92. The van der Waals surface area contributed by atoms with Gasteiger partial charge in [0.25, 0.3) is 6.43 Å². The number of nitrogens with zero attached hydrogens (tertiary/aromatic N) is 4. The number of rotatable bonds is 6. The van der Waals surface area contributed by atoms with Crippen molar-refractivity contribution >= 4 is 11.0 Å². The summed E-state index contributed by atoms with van der Waals surface area (Å²) in [6.07, 6.45) is -1.25. The van der Waals surface area contributed by atoms with Crippen LogP contribution < -0.4 is 4.74 Å². The summed E-state index contributed by atoms with van der Waals surface area (Å²) in [4.78, 5) is 4.25. The van der Waals surface area contributed by atoms with Gasteiger partial charge in [-0.3, -0.25) is 0 Å². The number of aryl methyl sites for hydroxylation is 1. The van der Waals surface area contributed by atoms with Gasteiger partial charge in [0, 0.05) is 11.6 Å². The van der Waals surface area contributed by atoms with Crippen molar-refractivity contribution in [2.24, 2.45) is 0 Å². The Bertz CT molecular complexity index is 1410. The summed E-state index contributed by atoms with van der Waals surface area (Å²) in [7, 11) is 0. The molecular formula is C26H20F2N4O. The number of halogens is 2. The minimum atomic E-state index is -2.62. The molecule has 0 atom stereocenters. The molecule has 33 heavy (non-hydrogen) atoms. The molecule has 0 aliphatic heterocycles. The molecule has 0 N–H and O–H groups in total.